The summed E-state index contributed by atoms with van der Waals surface area (Å²) in [5.74, 6) is -0.0385. The predicted octanol–water partition coefficient (Wildman–Crippen LogP) is 1.87. The van der Waals surface area contributed by atoms with Gasteiger partial charge in [0.05, 0.1) is 0 Å². The molecule has 1 fully saturated rings. The van der Waals surface area contributed by atoms with Gasteiger partial charge in [-0.25, -0.2) is 0 Å². The zero-order chi connectivity index (χ0) is 10.4. The summed E-state index contributed by atoms with van der Waals surface area (Å²) in [6, 6.07) is 0. The van der Waals surface area contributed by atoms with Gasteiger partial charge in [0, 0.05) is 0 Å². The molecule has 0 spiro atoms. The summed E-state index contributed by atoms with van der Waals surface area (Å²) in [5.41, 5.74) is 0. The molecule has 3 nitrogen and oxygen atoms in total. The topological polar surface area (TPSA) is 54.4 Å². The Labute approximate surface area is 93.1 Å². The second-order valence-corrected chi connectivity index (χ2v) is 9.12. The standard InChI is InChI=1S/C9H19AsO3S/c11-14(12,13)8-4-7-10-9-5-2-1-3-6-9/h9-10H,1-8H2,(H,11,12,13). The van der Waals surface area contributed by atoms with E-state index in [1.165, 1.54) is 32.1 Å². The second-order valence-electron chi connectivity index (χ2n) is 3.93. The van der Waals surface area contributed by atoms with Crippen LogP contribution in [0.15, 0.2) is 0 Å². The fourth-order valence-corrected chi connectivity index (χ4v) is 6.28. The average Bonchev–Trinajstić information content (AvgIpc) is 2.13. The maximum atomic E-state index is 10.5. The first-order valence-corrected chi connectivity index (χ1v) is 9.57. The Kier molecular flexibility index (Phi) is 5.50. The van der Waals surface area contributed by atoms with Gasteiger partial charge in [0.1, 0.15) is 0 Å². The van der Waals surface area contributed by atoms with Gasteiger partial charge in [0.15, 0.2) is 0 Å². The number of hydrogen-bond acceptors (Lipinski definition) is 2. The second kappa shape index (κ2) is 6.14. The van der Waals surface area contributed by atoms with Crippen LogP contribution in [0.3, 0.4) is 0 Å². The molecule has 1 aliphatic carbocycles. The van der Waals surface area contributed by atoms with E-state index in [1.807, 2.05) is 0 Å². The fraction of sp³-hybridized carbons (Fsp3) is 1.00. The third kappa shape index (κ3) is 6.05. The predicted molar refractivity (Wildman–Crippen MR) is 59.8 cm³/mol. The molecule has 0 aromatic carbocycles. The van der Waals surface area contributed by atoms with Crippen molar-refractivity contribution >= 4 is 25.9 Å². The van der Waals surface area contributed by atoms with E-state index in [2.05, 4.69) is 0 Å². The van der Waals surface area contributed by atoms with E-state index >= 15 is 0 Å². The zero-order valence-electron chi connectivity index (χ0n) is 8.41. The SMILES string of the molecule is O=S(=O)(O)CCC[AsH]C1CCCCC1. The first kappa shape index (κ1) is 12.5. The van der Waals surface area contributed by atoms with Crippen molar-refractivity contribution < 1.29 is 13.0 Å². The summed E-state index contributed by atoms with van der Waals surface area (Å²) in [7, 11) is -3.71. The minimum absolute atomic E-state index is 0.0385. The van der Waals surface area contributed by atoms with Gasteiger partial charge < -0.3 is 0 Å². The molecule has 0 bridgehead atoms. The van der Waals surface area contributed by atoms with Crippen LogP contribution < -0.4 is 0 Å². The molecule has 1 aliphatic rings. The van der Waals surface area contributed by atoms with Gasteiger partial charge in [-0.1, -0.05) is 0 Å². The van der Waals surface area contributed by atoms with Gasteiger partial charge in [0.25, 0.3) is 0 Å². The molecule has 1 unspecified atom stereocenters. The van der Waals surface area contributed by atoms with Gasteiger partial charge in [-0.15, -0.1) is 0 Å². The van der Waals surface area contributed by atoms with Gasteiger partial charge in [-0.05, 0) is 0 Å². The Morgan fingerprint density at radius 3 is 2.43 bits per heavy atom. The van der Waals surface area contributed by atoms with E-state index in [0.29, 0.717) is 6.42 Å². The van der Waals surface area contributed by atoms with E-state index in [-0.39, 0.29) is 21.5 Å². The first-order valence-electron chi connectivity index (χ1n) is 5.26. The molecule has 14 heavy (non-hydrogen) atoms. The van der Waals surface area contributed by atoms with Crippen molar-refractivity contribution in [2.45, 2.75) is 48.4 Å². The molecule has 1 saturated carbocycles. The Balaban J connectivity index is 2.03. The average molecular weight is 282 g/mol. The van der Waals surface area contributed by atoms with Gasteiger partial charge in [-0.3, -0.25) is 0 Å². The Morgan fingerprint density at radius 1 is 1.21 bits per heavy atom. The normalized spacial score (nSPS) is 20.6. The van der Waals surface area contributed by atoms with E-state index < -0.39 is 10.1 Å². The van der Waals surface area contributed by atoms with Crippen LogP contribution in [-0.4, -0.2) is 34.5 Å². The van der Waals surface area contributed by atoms with Crippen LogP contribution in [-0.2, 0) is 10.1 Å². The summed E-state index contributed by atoms with van der Waals surface area (Å²) in [6.45, 7) is 0. The van der Waals surface area contributed by atoms with E-state index in [0.717, 1.165) is 9.91 Å². The van der Waals surface area contributed by atoms with Crippen molar-refractivity contribution in [2.24, 2.45) is 0 Å². The number of hydrogen-bond donors (Lipinski definition) is 1. The van der Waals surface area contributed by atoms with E-state index in [1.54, 1.807) is 0 Å². The van der Waals surface area contributed by atoms with Gasteiger partial charge >= 0.3 is 93.0 Å². The van der Waals surface area contributed by atoms with Crippen LogP contribution in [0.25, 0.3) is 0 Å². The first-order chi connectivity index (χ1) is 6.58. The van der Waals surface area contributed by atoms with Gasteiger partial charge in [-0.2, -0.15) is 0 Å². The molecule has 1 N–H and O–H groups in total. The molecule has 0 aromatic heterocycles. The zero-order valence-corrected chi connectivity index (χ0v) is 11.3. The molecule has 0 heterocycles. The molecule has 5 heteroatoms. The van der Waals surface area contributed by atoms with Crippen molar-refractivity contribution in [3.8, 4) is 0 Å². The third-order valence-electron chi connectivity index (χ3n) is 2.62. The molecule has 0 amide bonds. The molecule has 84 valence electrons. The van der Waals surface area contributed by atoms with Crippen LogP contribution in [0.2, 0.25) is 9.91 Å². The van der Waals surface area contributed by atoms with Crippen LogP contribution in [0, 0.1) is 0 Å². The van der Waals surface area contributed by atoms with Crippen molar-refractivity contribution in [3.05, 3.63) is 0 Å². The van der Waals surface area contributed by atoms with E-state index in [9.17, 15) is 8.42 Å². The van der Waals surface area contributed by atoms with Crippen molar-refractivity contribution in [2.75, 3.05) is 5.75 Å². The van der Waals surface area contributed by atoms with Crippen LogP contribution in [0.5, 0.6) is 0 Å². The summed E-state index contributed by atoms with van der Waals surface area (Å²) < 4.78 is 30.4. The number of rotatable bonds is 5. The van der Waals surface area contributed by atoms with Crippen molar-refractivity contribution in [1.29, 1.82) is 0 Å². The van der Waals surface area contributed by atoms with Crippen LogP contribution in [0.1, 0.15) is 38.5 Å². The van der Waals surface area contributed by atoms with Gasteiger partial charge in [0.2, 0.25) is 0 Å². The summed E-state index contributed by atoms with van der Waals surface area (Å²) in [5, 5.41) is 1.06. The summed E-state index contributed by atoms with van der Waals surface area (Å²) in [4.78, 5) is 0. The van der Waals surface area contributed by atoms with Crippen LogP contribution in [0.4, 0.5) is 0 Å². The summed E-state index contributed by atoms with van der Waals surface area (Å²) in [6.07, 6.45) is 7.51. The molecule has 0 aliphatic heterocycles. The Bertz CT molecular complexity index is 245. The Morgan fingerprint density at radius 2 is 1.86 bits per heavy atom. The Hall–Kier alpha value is 0.468. The molecule has 0 aromatic rings. The molecular formula is C9H19AsO3S. The molecule has 0 radical (unpaired) electrons. The minimum atomic E-state index is -3.71. The van der Waals surface area contributed by atoms with Crippen molar-refractivity contribution in [3.63, 3.8) is 0 Å². The maximum absolute atomic E-state index is 10.5. The monoisotopic (exact) mass is 282 g/mol. The van der Waals surface area contributed by atoms with Crippen LogP contribution >= 0.6 is 0 Å². The fourth-order valence-electron chi connectivity index (χ4n) is 1.87. The van der Waals surface area contributed by atoms with Crippen molar-refractivity contribution in [1.82, 2.24) is 0 Å². The molecule has 1 atom stereocenters. The summed E-state index contributed by atoms with van der Waals surface area (Å²) >= 11 is 0.0424. The molecule has 1 rings (SSSR count). The third-order valence-corrected chi connectivity index (χ3v) is 7.19. The van der Waals surface area contributed by atoms with E-state index in [4.69, 9.17) is 4.55 Å². The molecular weight excluding hydrogens is 263 g/mol. The quantitative estimate of drug-likeness (QED) is 0.476. The molecule has 0 saturated heterocycles.